The van der Waals surface area contributed by atoms with Gasteiger partial charge in [0.15, 0.2) is 0 Å². The molecule has 1 aliphatic rings. The van der Waals surface area contributed by atoms with Crippen molar-refractivity contribution >= 4 is 17.6 Å². The fourth-order valence-corrected chi connectivity index (χ4v) is 2.24. The number of carbonyl (C=O) groups is 1. The Kier molecular flexibility index (Phi) is 4.04. The number of halogens is 2. The Morgan fingerprint density at radius 3 is 2.94 bits per heavy atom. The molecule has 0 bridgehead atoms. The molecule has 6 heteroatoms. The predicted molar refractivity (Wildman–Crippen MR) is 67.8 cm³/mol. The van der Waals surface area contributed by atoms with Crippen LogP contribution in [0.4, 0.5) is 9.18 Å². The molecular weight excluding hydrogens is 257 g/mol. The van der Waals surface area contributed by atoms with Gasteiger partial charge < -0.3 is 16.0 Å². The highest BCUT2D eigenvalue weighted by molar-refractivity contribution is 6.30. The minimum Gasteiger partial charge on any atom is -0.351 e. The molecule has 18 heavy (non-hydrogen) atoms. The van der Waals surface area contributed by atoms with Crippen molar-refractivity contribution in [2.75, 3.05) is 13.1 Å². The van der Waals surface area contributed by atoms with Gasteiger partial charge >= 0.3 is 6.03 Å². The van der Waals surface area contributed by atoms with Crippen molar-refractivity contribution < 1.29 is 9.18 Å². The zero-order valence-electron chi connectivity index (χ0n) is 9.83. The SMILES string of the molecule is NC(=O)N(Cc1ccc(Cl)c(F)c1)C1CCNC1. The lowest BCUT2D eigenvalue weighted by molar-refractivity contribution is 0.184. The lowest BCUT2D eigenvalue weighted by Gasteiger charge is -2.26. The zero-order chi connectivity index (χ0) is 13.1. The number of carbonyl (C=O) groups excluding carboxylic acids is 1. The first-order chi connectivity index (χ1) is 8.58. The van der Waals surface area contributed by atoms with Gasteiger partial charge in [0.25, 0.3) is 0 Å². The highest BCUT2D eigenvalue weighted by Gasteiger charge is 2.25. The van der Waals surface area contributed by atoms with Crippen molar-refractivity contribution in [3.8, 4) is 0 Å². The van der Waals surface area contributed by atoms with Crippen LogP contribution in [0.1, 0.15) is 12.0 Å². The first-order valence-corrected chi connectivity index (χ1v) is 6.16. The second-order valence-electron chi connectivity index (χ2n) is 4.36. The number of urea groups is 1. The fraction of sp³-hybridized carbons (Fsp3) is 0.417. The number of nitrogens with one attached hydrogen (secondary N) is 1. The van der Waals surface area contributed by atoms with Gasteiger partial charge in [0.2, 0.25) is 0 Å². The van der Waals surface area contributed by atoms with Gasteiger partial charge in [-0.05, 0) is 30.7 Å². The van der Waals surface area contributed by atoms with Crippen LogP contribution in [0.2, 0.25) is 5.02 Å². The normalized spacial score (nSPS) is 18.9. The maximum absolute atomic E-state index is 13.3. The summed E-state index contributed by atoms with van der Waals surface area (Å²) in [5, 5.41) is 3.25. The zero-order valence-corrected chi connectivity index (χ0v) is 10.6. The van der Waals surface area contributed by atoms with E-state index < -0.39 is 11.8 Å². The van der Waals surface area contributed by atoms with E-state index in [9.17, 15) is 9.18 Å². The Balaban J connectivity index is 2.12. The van der Waals surface area contributed by atoms with E-state index in [0.29, 0.717) is 12.1 Å². The summed E-state index contributed by atoms with van der Waals surface area (Å²) >= 11 is 5.62. The van der Waals surface area contributed by atoms with E-state index in [2.05, 4.69) is 5.32 Å². The molecule has 0 aromatic heterocycles. The summed E-state index contributed by atoms with van der Waals surface area (Å²) in [5.74, 6) is -0.483. The number of benzene rings is 1. The number of amides is 2. The Hall–Kier alpha value is -1.33. The van der Waals surface area contributed by atoms with Crippen LogP contribution in [-0.2, 0) is 6.54 Å². The highest BCUT2D eigenvalue weighted by atomic mass is 35.5. The average Bonchev–Trinajstić information content (AvgIpc) is 2.83. The molecule has 1 aliphatic heterocycles. The molecular formula is C12H15ClFN3O. The third-order valence-corrected chi connectivity index (χ3v) is 3.40. The Morgan fingerprint density at radius 2 is 2.39 bits per heavy atom. The predicted octanol–water partition coefficient (Wildman–Crippen LogP) is 1.72. The summed E-state index contributed by atoms with van der Waals surface area (Å²) in [6, 6.07) is 4.10. The number of hydrogen-bond donors (Lipinski definition) is 2. The third-order valence-electron chi connectivity index (χ3n) is 3.10. The summed E-state index contributed by atoms with van der Waals surface area (Å²) < 4.78 is 13.3. The van der Waals surface area contributed by atoms with E-state index >= 15 is 0 Å². The van der Waals surface area contributed by atoms with Crippen molar-refractivity contribution in [1.29, 1.82) is 0 Å². The van der Waals surface area contributed by atoms with Gasteiger partial charge in [0, 0.05) is 19.1 Å². The van der Waals surface area contributed by atoms with Crippen LogP contribution in [0.3, 0.4) is 0 Å². The van der Waals surface area contributed by atoms with Crippen LogP contribution >= 0.6 is 11.6 Å². The van der Waals surface area contributed by atoms with Gasteiger partial charge in [-0.2, -0.15) is 0 Å². The van der Waals surface area contributed by atoms with Gasteiger partial charge in [-0.25, -0.2) is 9.18 Å². The first-order valence-electron chi connectivity index (χ1n) is 5.78. The van der Waals surface area contributed by atoms with Crippen molar-refractivity contribution in [3.63, 3.8) is 0 Å². The molecule has 1 unspecified atom stereocenters. The quantitative estimate of drug-likeness (QED) is 0.879. The molecule has 0 spiro atoms. The van der Waals surface area contributed by atoms with Crippen molar-refractivity contribution in [1.82, 2.24) is 10.2 Å². The molecule has 0 radical (unpaired) electrons. The van der Waals surface area contributed by atoms with E-state index in [0.717, 1.165) is 19.5 Å². The minimum atomic E-state index is -0.487. The smallest absolute Gasteiger partial charge is 0.315 e. The van der Waals surface area contributed by atoms with Gasteiger partial charge in [-0.1, -0.05) is 17.7 Å². The molecule has 0 aliphatic carbocycles. The molecule has 1 aromatic rings. The lowest BCUT2D eigenvalue weighted by Crippen LogP contribution is -2.44. The molecule has 1 heterocycles. The maximum Gasteiger partial charge on any atom is 0.315 e. The van der Waals surface area contributed by atoms with Crippen LogP contribution in [0.25, 0.3) is 0 Å². The van der Waals surface area contributed by atoms with E-state index in [1.165, 1.54) is 12.1 Å². The topological polar surface area (TPSA) is 58.4 Å². The highest BCUT2D eigenvalue weighted by Crippen LogP contribution is 2.18. The first kappa shape index (κ1) is 13.1. The molecule has 1 fully saturated rings. The number of rotatable bonds is 3. The van der Waals surface area contributed by atoms with Crippen LogP contribution in [0.15, 0.2) is 18.2 Å². The number of nitrogens with two attached hydrogens (primary N) is 1. The van der Waals surface area contributed by atoms with Crippen molar-refractivity contribution in [3.05, 3.63) is 34.6 Å². The Bertz CT molecular complexity index is 449. The molecule has 1 atom stereocenters. The van der Waals surface area contributed by atoms with Crippen molar-refractivity contribution in [2.45, 2.75) is 19.0 Å². The standard InChI is InChI=1S/C12H15ClFN3O/c13-10-2-1-8(5-11(10)14)7-17(12(15)18)9-3-4-16-6-9/h1-2,5,9,16H,3-4,6-7H2,(H2,15,18). The van der Waals surface area contributed by atoms with Crippen LogP contribution in [0.5, 0.6) is 0 Å². The fourth-order valence-electron chi connectivity index (χ4n) is 2.13. The second-order valence-corrected chi connectivity index (χ2v) is 4.77. The molecule has 2 rings (SSSR count). The minimum absolute atomic E-state index is 0.0706. The van der Waals surface area contributed by atoms with Gasteiger partial charge in [-0.3, -0.25) is 0 Å². The summed E-state index contributed by atoms with van der Waals surface area (Å²) in [6.45, 7) is 1.89. The monoisotopic (exact) mass is 271 g/mol. The molecule has 1 aromatic carbocycles. The summed E-state index contributed by atoms with van der Waals surface area (Å²) in [7, 11) is 0. The van der Waals surface area contributed by atoms with Gasteiger partial charge in [0.05, 0.1) is 5.02 Å². The van der Waals surface area contributed by atoms with Gasteiger partial charge in [-0.15, -0.1) is 0 Å². The number of primary amides is 1. The second kappa shape index (κ2) is 5.54. The van der Waals surface area contributed by atoms with Crippen LogP contribution in [0, 0.1) is 5.82 Å². The maximum atomic E-state index is 13.3. The average molecular weight is 272 g/mol. The number of nitrogens with zero attached hydrogens (tertiary/aromatic N) is 1. The summed E-state index contributed by atoms with van der Waals surface area (Å²) in [6.07, 6.45) is 0.860. The van der Waals surface area contributed by atoms with E-state index in [-0.39, 0.29) is 11.1 Å². The summed E-state index contributed by atoms with van der Waals surface area (Å²) in [4.78, 5) is 13.0. The Labute approximate surface area is 110 Å². The van der Waals surface area contributed by atoms with E-state index in [1.807, 2.05) is 0 Å². The van der Waals surface area contributed by atoms with E-state index in [1.54, 1.807) is 11.0 Å². The largest absolute Gasteiger partial charge is 0.351 e. The molecule has 98 valence electrons. The Morgan fingerprint density at radius 1 is 1.61 bits per heavy atom. The molecule has 4 nitrogen and oxygen atoms in total. The van der Waals surface area contributed by atoms with Crippen LogP contribution in [-0.4, -0.2) is 30.1 Å². The third kappa shape index (κ3) is 2.91. The van der Waals surface area contributed by atoms with Crippen molar-refractivity contribution in [2.24, 2.45) is 5.73 Å². The lowest BCUT2D eigenvalue weighted by atomic mass is 10.1. The molecule has 0 saturated carbocycles. The molecule has 1 saturated heterocycles. The van der Waals surface area contributed by atoms with Gasteiger partial charge in [0.1, 0.15) is 5.82 Å². The number of hydrogen-bond acceptors (Lipinski definition) is 2. The van der Waals surface area contributed by atoms with Crippen LogP contribution < -0.4 is 11.1 Å². The molecule has 2 amide bonds. The van der Waals surface area contributed by atoms with E-state index in [4.69, 9.17) is 17.3 Å². The summed E-state index contributed by atoms with van der Waals surface area (Å²) in [5.41, 5.74) is 6.05. The molecule has 3 N–H and O–H groups in total.